The number of hydrogen-bond donors (Lipinski definition) is 0. The normalized spacial score (nSPS) is 11.3. The molecule has 0 aliphatic rings. The van der Waals surface area contributed by atoms with Gasteiger partial charge in [0.05, 0.1) is 24.7 Å². The molecule has 0 saturated carbocycles. The van der Waals surface area contributed by atoms with Gasteiger partial charge in [0.15, 0.2) is 0 Å². The number of pyridine rings is 1. The minimum Gasteiger partial charge on any atom is -0.469 e. The van der Waals surface area contributed by atoms with Crippen molar-refractivity contribution >= 4 is 27.5 Å². The second-order valence-corrected chi connectivity index (χ2v) is 7.19. The number of aromatic nitrogens is 1. The van der Waals surface area contributed by atoms with Gasteiger partial charge in [0.2, 0.25) is 0 Å². The van der Waals surface area contributed by atoms with Crippen LogP contribution >= 0.6 is 0 Å². The van der Waals surface area contributed by atoms with Crippen LogP contribution in [-0.4, -0.2) is 18.1 Å². The number of hydrogen-bond acceptors (Lipinski definition) is 4. The van der Waals surface area contributed by atoms with Crippen molar-refractivity contribution in [2.75, 3.05) is 7.11 Å². The number of carbonyl (C=O) groups is 1. The minimum atomic E-state index is -0.210. The lowest BCUT2D eigenvalue weighted by Gasteiger charge is -2.13. The number of esters is 1. The Morgan fingerprint density at radius 1 is 1.00 bits per heavy atom. The van der Waals surface area contributed by atoms with Gasteiger partial charge in [-0.3, -0.25) is 9.78 Å². The van der Waals surface area contributed by atoms with Crippen molar-refractivity contribution in [2.24, 2.45) is 5.92 Å². The van der Waals surface area contributed by atoms with E-state index in [4.69, 9.17) is 4.74 Å². The molecule has 1 aromatic heterocycles. The van der Waals surface area contributed by atoms with Crippen LogP contribution in [0, 0.1) is 17.2 Å². The minimum absolute atomic E-state index is 0.210. The quantitative estimate of drug-likeness (QED) is 0.370. The molecule has 0 aliphatic carbocycles. The molecule has 0 saturated heterocycles. The van der Waals surface area contributed by atoms with Crippen LogP contribution in [0.15, 0.2) is 67.0 Å². The van der Waals surface area contributed by atoms with Crippen molar-refractivity contribution in [2.45, 2.75) is 27.2 Å². The van der Waals surface area contributed by atoms with Crippen LogP contribution in [-0.2, 0) is 16.0 Å². The molecular formula is C27H26N2O2. The van der Waals surface area contributed by atoms with Crippen LogP contribution < -0.4 is 0 Å². The van der Waals surface area contributed by atoms with Crippen molar-refractivity contribution in [3.05, 3.63) is 78.1 Å². The van der Waals surface area contributed by atoms with E-state index in [1.807, 2.05) is 81.7 Å². The standard InChI is InChI=1S/C25H20N2O2.C2H6/c1-16(25(28)29-2)11-17-7-8-19-14-27-15-24(23(19)12-17)22-10-9-18(13-26)20-5-3-4-6-21(20)22;1-2/h3-10,12,14-16H,11H2,1-2H3;1-2H3. The number of fused-ring (bicyclic) bond motifs is 2. The Kier molecular flexibility index (Phi) is 6.99. The molecule has 31 heavy (non-hydrogen) atoms. The van der Waals surface area contributed by atoms with E-state index in [0.29, 0.717) is 12.0 Å². The van der Waals surface area contributed by atoms with E-state index in [9.17, 15) is 10.1 Å². The molecular weight excluding hydrogens is 384 g/mol. The van der Waals surface area contributed by atoms with Crippen molar-refractivity contribution in [3.63, 3.8) is 0 Å². The molecule has 4 nitrogen and oxygen atoms in total. The van der Waals surface area contributed by atoms with E-state index >= 15 is 0 Å². The first-order chi connectivity index (χ1) is 15.1. The first kappa shape index (κ1) is 22.0. The molecule has 0 aliphatic heterocycles. The Bertz CT molecular complexity index is 1270. The number of methoxy groups -OCH3 is 1. The highest BCUT2D eigenvalue weighted by molar-refractivity contribution is 6.06. The summed E-state index contributed by atoms with van der Waals surface area (Å²) in [5.41, 5.74) is 3.78. The predicted octanol–water partition coefficient (Wildman–Crippen LogP) is 6.30. The Labute approximate surface area is 183 Å². The van der Waals surface area contributed by atoms with Gasteiger partial charge in [0.25, 0.3) is 0 Å². The van der Waals surface area contributed by atoms with E-state index < -0.39 is 0 Å². The second kappa shape index (κ2) is 9.86. The van der Waals surface area contributed by atoms with Crippen LogP contribution in [0.2, 0.25) is 0 Å². The van der Waals surface area contributed by atoms with Crippen molar-refractivity contribution in [3.8, 4) is 17.2 Å². The van der Waals surface area contributed by atoms with E-state index in [-0.39, 0.29) is 11.9 Å². The van der Waals surface area contributed by atoms with Crippen molar-refractivity contribution in [1.82, 2.24) is 4.98 Å². The molecule has 0 N–H and O–H groups in total. The monoisotopic (exact) mass is 410 g/mol. The molecule has 0 spiro atoms. The third-order valence-electron chi connectivity index (χ3n) is 5.31. The highest BCUT2D eigenvalue weighted by Gasteiger charge is 2.15. The lowest BCUT2D eigenvalue weighted by Crippen LogP contribution is -2.15. The Hall–Kier alpha value is -3.71. The lowest BCUT2D eigenvalue weighted by molar-refractivity contribution is -0.144. The van der Waals surface area contributed by atoms with E-state index in [1.54, 1.807) is 0 Å². The number of ether oxygens (including phenoxy) is 1. The number of nitrogens with zero attached hydrogens (tertiary/aromatic N) is 2. The van der Waals surface area contributed by atoms with Crippen molar-refractivity contribution in [1.29, 1.82) is 5.26 Å². The van der Waals surface area contributed by atoms with Gasteiger partial charge >= 0.3 is 5.97 Å². The zero-order valence-electron chi connectivity index (χ0n) is 18.3. The highest BCUT2D eigenvalue weighted by Crippen LogP contribution is 2.35. The van der Waals surface area contributed by atoms with Gasteiger partial charge in [-0.1, -0.05) is 69.3 Å². The number of benzene rings is 3. The van der Waals surface area contributed by atoms with Gasteiger partial charge in [-0.15, -0.1) is 0 Å². The molecule has 0 amide bonds. The second-order valence-electron chi connectivity index (χ2n) is 7.19. The molecule has 0 fully saturated rings. The van der Waals surface area contributed by atoms with Crippen LogP contribution in [0.4, 0.5) is 0 Å². The van der Waals surface area contributed by atoms with Gasteiger partial charge in [-0.05, 0) is 34.4 Å². The average molecular weight is 411 g/mol. The van der Waals surface area contributed by atoms with Crippen LogP contribution in [0.3, 0.4) is 0 Å². The summed E-state index contributed by atoms with van der Waals surface area (Å²) >= 11 is 0. The molecule has 0 radical (unpaired) electrons. The fourth-order valence-corrected chi connectivity index (χ4v) is 3.82. The summed E-state index contributed by atoms with van der Waals surface area (Å²) in [5, 5.41) is 13.5. The van der Waals surface area contributed by atoms with Crippen LogP contribution in [0.1, 0.15) is 31.9 Å². The zero-order valence-corrected chi connectivity index (χ0v) is 18.3. The first-order valence-electron chi connectivity index (χ1n) is 10.5. The highest BCUT2D eigenvalue weighted by atomic mass is 16.5. The molecule has 1 heterocycles. The fourth-order valence-electron chi connectivity index (χ4n) is 3.82. The summed E-state index contributed by atoms with van der Waals surface area (Å²) in [4.78, 5) is 16.2. The summed E-state index contributed by atoms with van der Waals surface area (Å²) in [6.45, 7) is 5.87. The Balaban J connectivity index is 0.00000132. The number of carbonyl (C=O) groups excluding carboxylic acids is 1. The van der Waals surface area contributed by atoms with E-state index in [0.717, 1.165) is 38.2 Å². The Morgan fingerprint density at radius 2 is 1.74 bits per heavy atom. The van der Waals surface area contributed by atoms with Gasteiger partial charge < -0.3 is 4.74 Å². The summed E-state index contributed by atoms with van der Waals surface area (Å²) in [6, 6.07) is 20.2. The lowest BCUT2D eigenvalue weighted by atomic mass is 9.92. The topological polar surface area (TPSA) is 63.0 Å². The predicted molar refractivity (Wildman–Crippen MR) is 126 cm³/mol. The molecule has 3 aromatic carbocycles. The molecule has 1 unspecified atom stereocenters. The molecule has 4 rings (SSSR count). The number of rotatable bonds is 4. The zero-order chi connectivity index (χ0) is 22.4. The first-order valence-corrected chi connectivity index (χ1v) is 10.5. The summed E-state index contributed by atoms with van der Waals surface area (Å²) in [7, 11) is 1.42. The maximum absolute atomic E-state index is 11.8. The summed E-state index contributed by atoms with van der Waals surface area (Å²) in [5.74, 6) is -0.420. The maximum Gasteiger partial charge on any atom is 0.308 e. The maximum atomic E-state index is 11.8. The van der Waals surface area contributed by atoms with Crippen molar-refractivity contribution < 1.29 is 9.53 Å². The number of nitriles is 1. The molecule has 156 valence electrons. The summed E-state index contributed by atoms with van der Waals surface area (Å²) in [6.07, 6.45) is 4.32. The van der Waals surface area contributed by atoms with Crippen LogP contribution in [0.5, 0.6) is 0 Å². The molecule has 1 atom stereocenters. The molecule has 4 heteroatoms. The Morgan fingerprint density at radius 3 is 2.45 bits per heavy atom. The van der Waals surface area contributed by atoms with Gasteiger partial charge in [-0.25, -0.2) is 0 Å². The van der Waals surface area contributed by atoms with Crippen LogP contribution in [0.25, 0.3) is 32.7 Å². The average Bonchev–Trinajstić information content (AvgIpc) is 2.83. The molecule has 0 bridgehead atoms. The van der Waals surface area contributed by atoms with Gasteiger partial charge in [0, 0.05) is 28.7 Å². The SMILES string of the molecule is CC.COC(=O)C(C)Cc1ccc2cncc(-c3ccc(C#N)c4ccccc34)c2c1. The fraction of sp³-hybridized carbons (Fsp3) is 0.222. The van der Waals surface area contributed by atoms with E-state index in [1.165, 1.54) is 7.11 Å². The third kappa shape index (κ3) is 4.41. The van der Waals surface area contributed by atoms with E-state index in [2.05, 4.69) is 17.1 Å². The largest absolute Gasteiger partial charge is 0.469 e. The van der Waals surface area contributed by atoms with Gasteiger partial charge in [-0.2, -0.15) is 5.26 Å². The molecule has 4 aromatic rings. The smallest absolute Gasteiger partial charge is 0.308 e. The van der Waals surface area contributed by atoms with Gasteiger partial charge in [0.1, 0.15) is 0 Å². The summed E-state index contributed by atoms with van der Waals surface area (Å²) < 4.78 is 4.86. The third-order valence-corrected chi connectivity index (χ3v) is 5.31.